The van der Waals surface area contributed by atoms with Gasteiger partial charge in [-0.3, -0.25) is 0 Å². The number of aliphatic hydroxyl groups is 19. The van der Waals surface area contributed by atoms with Crippen LogP contribution in [0.2, 0.25) is 0 Å². The molecular formula is C60H102O29. The predicted molar refractivity (Wildman–Crippen MR) is 300 cm³/mol. The van der Waals surface area contributed by atoms with Crippen LogP contribution in [0.4, 0.5) is 0 Å². The smallest absolute Gasteiger partial charge is 0.187 e. The Morgan fingerprint density at radius 2 is 0.955 bits per heavy atom. The average Bonchev–Trinajstić information content (AvgIpc) is 1.66. The number of hydrogen-bond acceptors (Lipinski definition) is 29. The maximum absolute atomic E-state index is 12.8. The van der Waals surface area contributed by atoms with E-state index in [-0.39, 0.29) is 35.5 Å². The zero-order valence-corrected chi connectivity index (χ0v) is 51.8. The molecule has 5 aliphatic heterocycles. The number of hydrogen-bond donors (Lipinski definition) is 19. The molecule has 5 saturated heterocycles. The maximum atomic E-state index is 12.8. The predicted octanol–water partition coefficient (Wildman–Crippen LogP) is -5.41. The largest absolute Gasteiger partial charge is 0.394 e. The van der Waals surface area contributed by atoms with Crippen molar-refractivity contribution in [2.24, 2.45) is 45.3 Å². The molecule has 8 fully saturated rings. The summed E-state index contributed by atoms with van der Waals surface area (Å²) in [6, 6.07) is 0. The molecule has 4 aliphatic carbocycles. The van der Waals surface area contributed by atoms with Crippen LogP contribution in [0.25, 0.3) is 0 Å². The van der Waals surface area contributed by atoms with Crippen LogP contribution < -0.4 is 0 Å². The first-order chi connectivity index (χ1) is 41.6. The van der Waals surface area contributed by atoms with Gasteiger partial charge in [0.1, 0.15) is 122 Å². The molecular weight excluding hydrogens is 1180 g/mol. The van der Waals surface area contributed by atoms with Crippen molar-refractivity contribution in [1.29, 1.82) is 0 Å². The van der Waals surface area contributed by atoms with Crippen molar-refractivity contribution in [3.63, 3.8) is 0 Å². The summed E-state index contributed by atoms with van der Waals surface area (Å²) in [4.78, 5) is 0. The van der Waals surface area contributed by atoms with E-state index in [2.05, 4.69) is 33.8 Å². The van der Waals surface area contributed by atoms with Gasteiger partial charge >= 0.3 is 0 Å². The molecule has 0 unspecified atom stereocenters. The molecule has 0 amide bonds. The normalized spacial score (nSPS) is 51.8. The van der Waals surface area contributed by atoms with Crippen LogP contribution in [-0.2, 0) is 47.4 Å². The number of ether oxygens (including phenoxy) is 10. The van der Waals surface area contributed by atoms with Gasteiger partial charge in [0.05, 0.1) is 56.9 Å². The number of rotatable bonds is 20. The highest BCUT2D eigenvalue weighted by atomic mass is 16.8. The van der Waals surface area contributed by atoms with Gasteiger partial charge in [-0.05, 0) is 99.7 Å². The summed E-state index contributed by atoms with van der Waals surface area (Å²) >= 11 is 0. The fourth-order valence-corrected chi connectivity index (χ4v) is 17.0. The summed E-state index contributed by atoms with van der Waals surface area (Å²) in [5, 5.41) is 205. The van der Waals surface area contributed by atoms with Gasteiger partial charge in [0.2, 0.25) is 0 Å². The van der Waals surface area contributed by atoms with Crippen molar-refractivity contribution in [1.82, 2.24) is 0 Å². The van der Waals surface area contributed by atoms with Crippen molar-refractivity contribution in [3.05, 3.63) is 11.6 Å². The molecule has 0 aromatic heterocycles. The Bertz CT molecular complexity index is 2340. The number of aliphatic hydroxyl groups excluding tert-OH is 18. The Balaban J connectivity index is 0.883. The summed E-state index contributed by atoms with van der Waals surface area (Å²) in [5.74, 6) is -0.0172. The lowest BCUT2D eigenvalue weighted by Crippen LogP contribution is -2.65. The van der Waals surface area contributed by atoms with Gasteiger partial charge in [-0.2, -0.15) is 0 Å². The molecule has 29 heteroatoms. The lowest BCUT2D eigenvalue weighted by molar-refractivity contribution is -0.380. The SMILES string of the molecule is C[C@@H](CC[C@@H](O[C@@H]1O[C@H](CO[C@@H]2O[C@H](CO)[C@@H](O)[C@H](O)[C@H]2O)[C@@H](O)[C@H](O)[C@H]1O[C@@H]1O[C@H](CO)[C@@H](O)[C@H](O)[C@H]1O)C(C)(C)O)[C@H]1CC[C@@]2(C)[C@@H]3CC=C4[C@@H](CC[C@H](O[C@@H]5O[C@H](CO[C@@H]6O[C@H](CO)[C@@H](O)[C@H](O)[C@H]6O)[C@@H](O)[C@H](O)[C@H]5O)C4(C)C)[C@]3(C)[C@H](O)C[C@]12C. The Morgan fingerprint density at radius 3 is 1.45 bits per heavy atom. The monoisotopic (exact) mass is 1290 g/mol. The third kappa shape index (κ3) is 13.1. The fraction of sp³-hybridized carbons (Fsp3) is 0.967. The topological polar surface area (TPSA) is 477 Å². The first-order valence-electron chi connectivity index (χ1n) is 31.6. The fourth-order valence-electron chi connectivity index (χ4n) is 17.0. The van der Waals surface area contributed by atoms with Crippen LogP contribution in [0.1, 0.15) is 107 Å². The molecule has 35 atom stereocenters. The van der Waals surface area contributed by atoms with Crippen LogP contribution in [0.5, 0.6) is 0 Å². The highest BCUT2D eigenvalue weighted by Crippen LogP contribution is 2.75. The first kappa shape index (κ1) is 71.9. The lowest BCUT2D eigenvalue weighted by Gasteiger charge is -2.67. The molecule has 29 nitrogen and oxygen atoms in total. The van der Waals surface area contributed by atoms with Gasteiger partial charge < -0.3 is 144 Å². The van der Waals surface area contributed by atoms with E-state index in [0.29, 0.717) is 32.1 Å². The Kier molecular flexibility index (Phi) is 22.3. The molecule has 89 heavy (non-hydrogen) atoms. The quantitative estimate of drug-likeness (QED) is 0.0506. The molecule has 19 N–H and O–H groups in total. The first-order valence-corrected chi connectivity index (χ1v) is 31.6. The number of fused-ring (bicyclic) bond motifs is 5. The minimum absolute atomic E-state index is 0.0310. The maximum Gasteiger partial charge on any atom is 0.187 e. The van der Waals surface area contributed by atoms with Gasteiger partial charge in [0.25, 0.3) is 0 Å². The van der Waals surface area contributed by atoms with Gasteiger partial charge in [-0.25, -0.2) is 0 Å². The zero-order chi connectivity index (χ0) is 65.5. The molecule has 5 heterocycles. The molecule has 0 bridgehead atoms. The lowest BCUT2D eigenvalue weighted by atomic mass is 9.38. The van der Waals surface area contributed by atoms with Crippen LogP contribution >= 0.6 is 0 Å². The summed E-state index contributed by atoms with van der Waals surface area (Å²) < 4.78 is 59.3. The molecule has 0 spiro atoms. The summed E-state index contributed by atoms with van der Waals surface area (Å²) in [6.45, 7) is 12.6. The highest BCUT2D eigenvalue weighted by Gasteiger charge is 2.70. The van der Waals surface area contributed by atoms with E-state index in [0.717, 1.165) is 18.4 Å². The van der Waals surface area contributed by atoms with Crippen molar-refractivity contribution >= 4 is 0 Å². The highest BCUT2D eigenvalue weighted by molar-refractivity contribution is 5.32. The van der Waals surface area contributed by atoms with Gasteiger partial charge in [0.15, 0.2) is 31.5 Å². The van der Waals surface area contributed by atoms with Gasteiger partial charge in [-0.1, -0.05) is 53.2 Å². The molecule has 0 radical (unpaired) electrons. The van der Waals surface area contributed by atoms with E-state index in [4.69, 9.17) is 47.4 Å². The number of allylic oxidation sites excluding steroid dienone is 1. The standard InChI is InChI=1S/C60H102O29/c1-23(9-13-35(57(4,5)79)88-55-50(89-54-49(78)43(72)38(67)29(20-63)84-54)45(74)40(69)31(86-55)22-81-52-47(76)42(71)37(66)28(19-62)83-52)24-15-16-58(6)32-12-10-25-26(60(32,8)33(64)17-59(24,58)7)11-14-34(56(25,2)3)87-53-48(77)44(73)39(68)30(85-53)21-80-51-46(75)41(70)36(65)27(18-61)82-51/h10,23-24,26-55,61-79H,9,11-22H2,1-8H3/t23-,24+,26+,27+,28+,29+,30+,31+,32-,33+,34-,35+,36+,37+,38+,39+,40+,41-,42-,43-,44-,45-,46+,47+,48+,49+,50+,51+,52+,53-,54-,55-,58-,59+,60-/m0/s1. The van der Waals surface area contributed by atoms with Gasteiger partial charge in [-0.15, -0.1) is 0 Å². The molecule has 9 aliphatic rings. The molecule has 0 aromatic rings. The van der Waals surface area contributed by atoms with E-state index < -0.39 is 227 Å². The third-order valence-corrected chi connectivity index (χ3v) is 22.9. The Morgan fingerprint density at radius 1 is 0.517 bits per heavy atom. The minimum atomic E-state index is -1.96. The van der Waals surface area contributed by atoms with E-state index in [1.807, 2.05) is 13.8 Å². The van der Waals surface area contributed by atoms with Crippen LogP contribution in [0.15, 0.2) is 11.6 Å². The molecule has 3 saturated carbocycles. The van der Waals surface area contributed by atoms with Crippen LogP contribution in [0, 0.1) is 45.3 Å². The summed E-state index contributed by atoms with van der Waals surface area (Å²) in [6.07, 6.45) is -37.4. The second-order valence-corrected chi connectivity index (χ2v) is 28.7. The summed E-state index contributed by atoms with van der Waals surface area (Å²) in [5.41, 5.74) is -2.49. The van der Waals surface area contributed by atoms with E-state index >= 15 is 0 Å². The van der Waals surface area contributed by atoms with Crippen LogP contribution in [0.3, 0.4) is 0 Å². The van der Waals surface area contributed by atoms with E-state index in [1.165, 1.54) is 13.8 Å². The molecule has 516 valence electrons. The van der Waals surface area contributed by atoms with Crippen LogP contribution in [-0.4, -0.2) is 308 Å². The van der Waals surface area contributed by atoms with Gasteiger partial charge in [0, 0.05) is 10.8 Å². The van der Waals surface area contributed by atoms with Crippen molar-refractivity contribution < 1.29 is 144 Å². The Labute approximate surface area is 517 Å². The molecule has 9 rings (SSSR count). The Hall–Kier alpha value is -1.42. The average molecular weight is 1290 g/mol. The zero-order valence-electron chi connectivity index (χ0n) is 51.8. The second kappa shape index (κ2) is 27.6. The third-order valence-electron chi connectivity index (χ3n) is 22.9. The van der Waals surface area contributed by atoms with Crippen molar-refractivity contribution in [3.8, 4) is 0 Å². The molecule has 0 aromatic carbocycles. The van der Waals surface area contributed by atoms with Crippen molar-refractivity contribution in [2.75, 3.05) is 33.0 Å². The van der Waals surface area contributed by atoms with E-state index in [9.17, 15) is 97.0 Å². The minimum Gasteiger partial charge on any atom is -0.394 e. The second-order valence-electron chi connectivity index (χ2n) is 28.7. The van der Waals surface area contributed by atoms with Crippen molar-refractivity contribution in [2.45, 2.75) is 284 Å². The summed E-state index contributed by atoms with van der Waals surface area (Å²) in [7, 11) is 0. The van der Waals surface area contributed by atoms with E-state index in [1.54, 1.807) is 0 Å².